The largest absolute Gasteiger partial charge is 0.548 e. The van der Waals surface area contributed by atoms with Gasteiger partial charge in [0.15, 0.2) is 0 Å². The molecule has 1 saturated heterocycles. The third kappa shape index (κ3) is 1.89. The number of nitrogens with one attached hydrogen (secondary N) is 2. The molecule has 5 nitrogen and oxygen atoms in total. The van der Waals surface area contributed by atoms with E-state index in [4.69, 9.17) is 5.11 Å². The van der Waals surface area contributed by atoms with Crippen molar-refractivity contribution in [2.45, 2.75) is 25.2 Å². The molecule has 1 heterocycles. The number of carbonyl (C=O) groups is 1. The highest BCUT2D eigenvalue weighted by atomic mass is 16.4. The number of aliphatic hydroxyl groups excluding tert-OH is 1. The second kappa shape index (κ2) is 3.17. The summed E-state index contributed by atoms with van der Waals surface area (Å²) in [6.45, 7) is 2.06. The molecule has 0 radical (unpaired) electrons. The molecule has 0 aromatic rings. The summed E-state index contributed by atoms with van der Waals surface area (Å²) in [4.78, 5) is 10.3. The van der Waals surface area contributed by atoms with E-state index in [1.54, 1.807) is 6.92 Å². The zero-order valence-corrected chi connectivity index (χ0v) is 6.20. The summed E-state index contributed by atoms with van der Waals surface area (Å²) < 4.78 is 0. The summed E-state index contributed by atoms with van der Waals surface area (Å²) in [6, 6.07) is -0.953. The summed E-state index contributed by atoms with van der Waals surface area (Å²) in [5, 5.41) is 25.0. The van der Waals surface area contributed by atoms with Gasteiger partial charge in [0.2, 0.25) is 0 Å². The Morgan fingerprint density at radius 1 is 1.73 bits per heavy atom. The van der Waals surface area contributed by atoms with Gasteiger partial charge in [-0.1, -0.05) is 0 Å². The molecule has 1 unspecified atom stereocenters. The predicted molar refractivity (Wildman–Crippen MR) is 35.4 cm³/mol. The van der Waals surface area contributed by atoms with Gasteiger partial charge in [0.25, 0.3) is 0 Å². The number of carboxylic acid groups (broad SMARTS) is 1. The lowest BCUT2D eigenvalue weighted by atomic mass is 10.1. The van der Waals surface area contributed by atoms with Crippen molar-refractivity contribution in [1.29, 1.82) is 0 Å². The van der Waals surface area contributed by atoms with Crippen molar-refractivity contribution in [3.8, 4) is 0 Å². The summed E-state index contributed by atoms with van der Waals surface area (Å²) in [7, 11) is 0. The quantitative estimate of drug-likeness (QED) is 0.380. The van der Waals surface area contributed by atoms with E-state index < -0.39 is 18.1 Å². The lowest BCUT2D eigenvalue weighted by Crippen LogP contribution is -2.65. The van der Waals surface area contributed by atoms with Gasteiger partial charge >= 0.3 is 0 Å². The first-order chi connectivity index (χ1) is 5.11. The number of carboxylic acids is 1. The molecular weight excluding hydrogens is 148 g/mol. The Morgan fingerprint density at radius 2 is 2.36 bits per heavy atom. The van der Waals surface area contributed by atoms with Crippen LogP contribution in [-0.2, 0) is 4.79 Å². The summed E-state index contributed by atoms with van der Waals surface area (Å²) >= 11 is 0. The van der Waals surface area contributed by atoms with Gasteiger partial charge in [-0.3, -0.25) is 10.6 Å². The molecule has 0 aromatic heterocycles. The van der Waals surface area contributed by atoms with Crippen LogP contribution >= 0.6 is 0 Å². The van der Waals surface area contributed by atoms with E-state index in [2.05, 4.69) is 10.6 Å². The van der Waals surface area contributed by atoms with Crippen LogP contribution in [0.2, 0.25) is 0 Å². The van der Waals surface area contributed by atoms with Crippen LogP contribution in [0.4, 0.5) is 0 Å². The second-order valence-corrected chi connectivity index (χ2v) is 2.66. The molecule has 1 rings (SSSR count). The Hall–Kier alpha value is -0.650. The van der Waals surface area contributed by atoms with Crippen molar-refractivity contribution in [1.82, 2.24) is 10.6 Å². The van der Waals surface area contributed by atoms with Gasteiger partial charge in [0.05, 0.1) is 24.3 Å². The van der Waals surface area contributed by atoms with E-state index in [0.29, 0.717) is 0 Å². The van der Waals surface area contributed by atoms with Crippen LogP contribution in [0.15, 0.2) is 0 Å². The molecule has 0 bridgehead atoms. The van der Waals surface area contributed by atoms with Gasteiger partial charge in [-0.05, 0) is 6.92 Å². The van der Waals surface area contributed by atoms with Gasteiger partial charge in [-0.25, -0.2) is 0 Å². The van der Waals surface area contributed by atoms with Crippen LogP contribution < -0.4 is 15.7 Å². The van der Waals surface area contributed by atoms with Gasteiger partial charge < -0.3 is 15.0 Å². The molecule has 64 valence electrons. The molecular formula is C6H11N2O3-. The lowest BCUT2D eigenvalue weighted by Gasteiger charge is -2.34. The second-order valence-electron chi connectivity index (χ2n) is 2.66. The van der Waals surface area contributed by atoms with Crippen LogP contribution in [-0.4, -0.2) is 35.9 Å². The third-order valence-electron chi connectivity index (χ3n) is 1.70. The van der Waals surface area contributed by atoms with Crippen LogP contribution in [0.1, 0.15) is 6.92 Å². The number of aliphatic hydroxyl groups is 1. The molecule has 0 aromatic carbocycles. The standard InChI is InChI=1S/C6H12N2O3/c1-3-7-2-4(9)5(8-3)6(10)11/h3-5,7-9H,2H2,1H3,(H,10,11)/p-1/t3?,4-,5-/m0/s1. The Labute approximate surface area is 64.4 Å². The molecule has 11 heavy (non-hydrogen) atoms. The molecule has 0 aliphatic carbocycles. The van der Waals surface area contributed by atoms with Gasteiger partial charge in [-0.2, -0.15) is 0 Å². The van der Waals surface area contributed by atoms with Crippen molar-refractivity contribution in [2.24, 2.45) is 0 Å². The third-order valence-corrected chi connectivity index (χ3v) is 1.70. The Bertz CT molecular complexity index is 162. The molecule has 1 aliphatic heterocycles. The average molecular weight is 159 g/mol. The maximum absolute atomic E-state index is 10.3. The molecule has 3 atom stereocenters. The van der Waals surface area contributed by atoms with E-state index in [1.165, 1.54) is 0 Å². The number of hydrogen-bond acceptors (Lipinski definition) is 5. The van der Waals surface area contributed by atoms with Crippen molar-refractivity contribution in [3.63, 3.8) is 0 Å². The topological polar surface area (TPSA) is 84.4 Å². The maximum atomic E-state index is 10.3. The molecule has 0 amide bonds. The van der Waals surface area contributed by atoms with Crippen molar-refractivity contribution >= 4 is 5.97 Å². The number of rotatable bonds is 1. The van der Waals surface area contributed by atoms with Gasteiger partial charge in [0.1, 0.15) is 0 Å². The predicted octanol–water partition coefficient (Wildman–Crippen LogP) is -3.00. The van der Waals surface area contributed by atoms with Crippen molar-refractivity contribution in [2.75, 3.05) is 6.54 Å². The van der Waals surface area contributed by atoms with Gasteiger partial charge in [-0.15, -0.1) is 0 Å². The Kier molecular flexibility index (Phi) is 2.43. The van der Waals surface area contributed by atoms with E-state index >= 15 is 0 Å². The molecule has 0 saturated carbocycles. The number of carbonyl (C=O) groups excluding carboxylic acids is 1. The minimum Gasteiger partial charge on any atom is -0.548 e. The highest BCUT2D eigenvalue weighted by Gasteiger charge is 2.26. The SMILES string of the molecule is CC1NC[C@H](O)[C@@H](C(=O)[O-])N1. The molecule has 3 N–H and O–H groups in total. The van der Waals surface area contributed by atoms with Crippen LogP contribution in [0.3, 0.4) is 0 Å². The van der Waals surface area contributed by atoms with E-state index in [9.17, 15) is 9.90 Å². The fourth-order valence-corrected chi connectivity index (χ4v) is 1.08. The van der Waals surface area contributed by atoms with Crippen LogP contribution in [0.25, 0.3) is 0 Å². The van der Waals surface area contributed by atoms with Crippen LogP contribution in [0.5, 0.6) is 0 Å². The maximum Gasteiger partial charge on any atom is 0.0871 e. The monoisotopic (exact) mass is 159 g/mol. The van der Waals surface area contributed by atoms with E-state index in [-0.39, 0.29) is 12.7 Å². The summed E-state index contributed by atoms with van der Waals surface area (Å²) in [6.07, 6.45) is -1.00. The first kappa shape index (κ1) is 8.45. The molecule has 0 spiro atoms. The Balaban J connectivity index is 2.54. The highest BCUT2D eigenvalue weighted by Crippen LogP contribution is 1.98. The van der Waals surface area contributed by atoms with E-state index in [1.807, 2.05) is 0 Å². The van der Waals surface area contributed by atoms with Crippen molar-refractivity contribution < 1.29 is 15.0 Å². The van der Waals surface area contributed by atoms with Gasteiger partial charge in [0, 0.05) is 6.54 Å². The summed E-state index contributed by atoms with van der Waals surface area (Å²) in [5.74, 6) is -1.26. The minimum atomic E-state index is -1.26. The average Bonchev–Trinajstić information content (AvgIpc) is 1.94. The fourth-order valence-electron chi connectivity index (χ4n) is 1.08. The zero-order chi connectivity index (χ0) is 8.43. The summed E-state index contributed by atoms with van der Waals surface area (Å²) in [5.41, 5.74) is 0. The number of hydrogen-bond donors (Lipinski definition) is 3. The normalized spacial score (nSPS) is 38.5. The number of β-amino-alcohol motifs (C(OH)–C–C–N with tert-alkyl or cyclic N) is 1. The van der Waals surface area contributed by atoms with E-state index in [0.717, 1.165) is 0 Å². The van der Waals surface area contributed by atoms with Crippen molar-refractivity contribution in [3.05, 3.63) is 0 Å². The highest BCUT2D eigenvalue weighted by molar-refractivity contribution is 5.72. The minimum absolute atomic E-state index is 0.0960. The molecule has 5 heteroatoms. The molecule has 1 aliphatic rings. The molecule has 1 fully saturated rings. The Morgan fingerprint density at radius 3 is 2.82 bits per heavy atom. The number of aliphatic carboxylic acids is 1. The zero-order valence-electron chi connectivity index (χ0n) is 6.20. The first-order valence-electron chi connectivity index (χ1n) is 3.49. The van der Waals surface area contributed by atoms with Crippen LogP contribution in [0, 0.1) is 0 Å². The first-order valence-corrected chi connectivity index (χ1v) is 3.49. The lowest BCUT2D eigenvalue weighted by molar-refractivity contribution is -0.311. The fraction of sp³-hybridized carbons (Fsp3) is 0.833. The smallest absolute Gasteiger partial charge is 0.0871 e.